The van der Waals surface area contributed by atoms with Crippen LogP contribution in [0.1, 0.15) is 42.2 Å². The van der Waals surface area contributed by atoms with Crippen molar-refractivity contribution in [3.8, 4) is 0 Å². The summed E-state index contributed by atoms with van der Waals surface area (Å²) in [7, 11) is 2.01. The zero-order valence-corrected chi connectivity index (χ0v) is 20.8. The van der Waals surface area contributed by atoms with Crippen LogP contribution in [0.15, 0.2) is 54.0 Å². The highest BCUT2D eigenvalue weighted by Crippen LogP contribution is 2.05. The summed E-state index contributed by atoms with van der Waals surface area (Å²) in [5, 5.41) is 14.1. The first-order valence-corrected chi connectivity index (χ1v) is 12.5. The lowest BCUT2D eigenvalue weighted by Crippen LogP contribution is -2.77. The number of nitrogens with one attached hydrogen (secondary N) is 2. The van der Waals surface area contributed by atoms with Gasteiger partial charge in [-0.1, -0.05) is 18.2 Å². The zero-order valence-electron chi connectivity index (χ0n) is 20.8. The lowest BCUT2D eigenvalue weighted by molar-refractivity contribution is -0.724. The molecule has 0 spiro atoms. The van der Waals surface area contributed by atoms with E-state index in [9.17, 15) is 14.7 Å². The van der Waals surface area contributed by atoms with E-state index in [1.807, 2.05) is 43.6 Å². The van der Waals surface area contributed by atoms with Crippen molar-refractivity contribution in [3.05, 3.63) is 76.0 Å². The van der Waals surface area contributed by atoms with Crippen molar-refractivity contribution in [2.75, 3.05) is 13.7 Å². The number of amides is 2. The number of carbonyl (C=O) groups excluding carboxylic acids is 2. The fourth-order valence-electron chi connectivity index (χ4n) is 4.94. The van der Waals surface area contributed by atoms with Crippen molar-refractivity contribution >= 4 is 29.7 Å². The van der Waals surface area contributed by atoms with Crippen molar-refractivity contribution < 1.29 is 24.3 Å². The molecule has 190 valence electrons. The number of hydrogen-bond donors (Lipinski definition) is 4. The molecule has 1 unspecified atom stereocenters. The van der Waals surface area contributed by atoms with Crippen LogP contribution in [0, 0.1) is 0 Å². The number of nitrogens with zero attached hydrogens (tertiary/aromatic N) is 4. The molecule has 0 bridgehead atoms. The minimum Gasteiger partial charge on any atom is -0.392 e. The van der Waals surface area contributed by atoms with E-state index in [4.69, 9.17) is 10.7 Å². The van der Waals surface area contributed by atoms with Gasteiger partial charge in [-0.2, -0.15) is 4.99 Å². The van der Waals surface area contributed by atoms with E-state index in [1.165, 1.54) is 0 Å². The van der Waals surface area contributed by atoms with Crippen LogP contribution >= 0.6 is 0 Å². The summed E-state index contributed by atoms with van der Waals surface area (Å²) in [5.74, 6) is -0.560. The lowest BCUT2D eigenvalue weighted by atomic mass is 10.1. The maximum Gasteiger partial charge on any atom is 0.385 e. The number of imidazole rings is 1. The van der Waals surface area contributed by atoms with Gasteiger partial charge in [-0.25, -0.2) is 23.9 Å². The number of aliphatic hydroxyl groups is 1. The predicted octanol–water partition coefficient (Wildman–Crippen LogP) is -3.60. The van der Waals surface area contributed by atoms with Gasteiger partial charge in [0.1, 0.15) is 24.6 Å². The highest BCUT2D eigenvalue weighted by Gasteiger charge is 2.25. The second-order valence-corrected chi connectivity index (χ2v) is 9.48. The Morgan fingerprint density at radius 3 is 2.92 bits per heavy atom. The van der Waals surface area contributed by atoms with Crippen molar-refractivity contribution in [3.63, 3.8) is 0 Å². The first-order chi connectivity index (χ1) is 17.9. The summed E-state index contributed by atoms with van der Waals surface area (Å²) in [6, 6.07) is 9.88. The third kappa shape index (κ3) is 5.19. The van der Waals surface area contributed by atoms with E-state index >= 15 is 0 Å². The molecule has 0 saturated carbocycles. The zero-order chi connectivity index (χ0) is 25.9. The van der Waals surface area contributed by atoms with Gasteiger partial charge in [-0.05, 0) is 17.4 Å². The van der Waals surface area contributed by atoms with Gasteiger partial charge in [0.05, 0.1) is 24.8 Å². The molecule has 1 aliphatic heterocycles. The molecule has 0 radical (unpaired) electrons. The highest BCUT2D eigenvalue weighted by atomic mass is 16.3. The molecule has 1 aliphatic carbocycles. The third-order valence-corrected chi connectivity index (χ3v) is 7.07. The van der Waals surface area contributed by atoms with Gasteiger partial charge >= 0.3 is 5.91 Å². The van der Waals surface area contributed by atoms with Crippen LogP contribution in [0.3, 0.4) is 0 Å². The number of aliphatic hydroxyl groups excluding tert-OH is 1. The van der Waals surface area contributed by atoms with E-state index in [-0.39, 0.29) is 24.7 Å². The van der Waals surface area contributed by atoms with Crippen LogP contribution in [0.4, 0.5) is 0 Å². The van der Waals surface area contributed by atoms with E-state index in [1.54, 1.807) is 17.1 Å². The number of para-hydroxylation sites is 2. The summed E-state index contributed by atoms with van der Waals surface area (Å²) < 4.78 is 6.01. The van der Waals surface area contributed by atoms with Crippen LogP contribution in [0.2, 0.25) is 0 Å². The van der Waals surface area contributed by atoms with Gasteiger partial charge < -0.3 is 15.4 Å². The smallest absolute Gasteiger partial charge is 0.385 e. The minimum absolute atomic E-state index is 0.0183. The number of rotatable bonds is 9. The molecule has 10 nitrogen and oxygen atoms in total. The second-order valence-electron chi connectivity index (χ2n) is 9.48. The van der Waals surface area contributed by atoms with Gasteiger partial charge in [0.2, 0.25) is 23.5 Å². The van der Waals surface area contributed by atoms with E-state index in [0.717, 1.165) is 27.0 Å². The van der Waals surface area contributed by atoms with Gasteiger partial charge in [0, 0.05) is 37.7 Å². The fourth-order valence-corrected chi connectivity index (χ4v) is 4.94. The minimum atomic E-state index is -0.542. The second kappa shape index (κ2) is 10.4. The fraction of sp³-hybridized carbons (Fsp3) is 0.333. The Morgan fingerprint density at radius 2 is 2.16 bits per heavy atom. The monoisotopic (exact) mass is 502 g/mol. The Kier molecular flexibility index (Phi) is 6.91. The van der Waals surface area contributed by atoms with Crippen LogP contribution in [-0.4, -0.2) is 52.0 Å². The topological polar surface area (TPSA) is 134 Å². The molecule has 37 heavy (non-hydrogen) atoms. The van der Waals surface area contributed by atoms with E-state index in [0.29, 0.717) is 37.9 Å². The maximum absolute atomic E-state index is 12.7. The summed E-state index contributed by atoms with van der Waals surface area (Å²) >= 11 is 0. The molecule has 2 aliphatic rings. The number of aryl methyl sites for hydroxylation is 1. The molecule has 2 aromatic heterocycles. The first-order valence-electron chi connectivity index (χ1n) is 12.5. The molecule has 3 heterocycles. The Bertz CT molecular complexity index is 1630. The van der Waals surface area contributed by atoms with Crippen molar-refractivity contribution in [2.24, 2.45) is 10.7 Å². The van der Waals surface area contributed by atoms with Crippen LogP contribution in [0.25, 0.3) is 12.2 Å². The molecule has 1 aromatic carbocycles. The normalized spacial score (nSPS) is 17.9. The molecular formula is C27H32N7O3+3. The van der Waals surface area contributed by atoms with Crippen LogP contribution in [-0.2, 0) is 11.3 Å². The van der Waals surface area contributed by atoms with Crippen LogP contribution in [0.5, 0.6) is 0 Å². The first kappa shape index (κ1) is 24.5. The van der Waals surface area contributed by atoms with Crippen molar-refractivity contribution in [2.45, 2.75) is 44.4 Å². The van der Waals surface area contributed by atoms with Gasteiger partial charge in [-0.15, -0.1) is 0 Å². The molecule has 2 atom stereocenters. The molecule has 5 rings (SSSR count). The Labute approximate surface area is 213 Å². The highest BCUT2D eigenvalue weighted by molar-refractivity contribution is 6.10. The Balaban J connectivity index is 1.25. The molecule has 2 amide bonds. The number of H-pyrrole nitrogens is 1. The number of benzene rings is 1. The largest absolute Gasteiger partial charge is 0.392 e. The SMILES string of the molecule is C[N+]1=c2ccccc2=NC1CCC(=O)[NH+]=C1C=c2c(ccn2CC[C@H](CO)[n+]2c[nH]c(C(N)=O)c2)=CC1. The molecule has 3 aromatic rings. The number of nitrogens with two attached hydrogens (primary N) is 1. The molecule has 5 N–H and O–H groups in total. The number of aromatic nitrogens is 3. The molecule has 0 fully saturated rings. The lowest BCUT2D eigenvalue weighted by Gasteiger charge is -2.12. The van der Waals surface area contributed by atoms with Gasteiger partial charge in [0.25, 0.3) is 5.91 Å². The Hall–Kier alpha value is -4.18. The van der Waals surface area contributed by atoms with Gasteiger partial charge in [-0.3, -0.25) is 4.79 Å². The third-order valence-electron chi connectivity index (χ3n) is 7.07. The number of carbonyl (C=O) groups is 2. The van der Waals surface area contributed by atoms with E-state index < -0.39 is 5.91 Å². The average molecular weight is 503 g/mol. The standard InChI is InChI=1S/C27H29N7O3/c1-32-23-5-3-2-4-21(23)31-25(32)8-9-26(36)30-19-7-6-18-10-12-33(24(18)14-19)13-11-20(16-35)34-15-22(27(28)37)29-17-34/h2-6,10,12,14-15,17,20,25,35H,7-9,11,13,16H2,1H3,(H-,28,37)/p+3/t20-,25?/m1/s1. The van der Waals surface area contributed by atoms with Crippen molar-refractivity contribution in [1.29, 1.82) is 0 Å². The summed E-state index contributed by atoms with van der Waals surface area (Å²) in [6.45, 7) is 0.591. The molecule has 0 saturated heterocycles. The number of fused-ring (bicyclic) bond motifs is 2. The maximum atomic E-state index is 12.7. The molecular weight excluding hydrogens is 470 g/mol. The van der Waals surface area contributed by atoms with Crippen LogP contribution < -0.4 is 41.2 Å². The number of aromatic amines is 1. The number of primary amides is 1. The van der Waals surface area contributed by atoms with Gasteiger partial charge in [0.15, 0.2) is 5.71 Å². The van der Waals surface area contributed by atoms with E-state index in [2.05, 4.69) is 31.3 Å². The number of hydrogen-bond acceptors (Lipinski definition) is 4. The summed E-state index contributed by atoms with van der Waals surface area (Å²) in [5.41, 5.74) is 6.48. The summed E-state index contributed by atoms with van der Waals surface area (Å²) in [4.78, 5) is 34.8. The Morgan fingerprint density at radius 1 is 1.32 bits per heavy atom. The summed E-state index contributed by atoms with van der Waals surface area (Å²) in [6.07, 6.45) is 11.7. The quantitative estimate of drug-likeness (QED) is 0.225. The average Bonchev–Trinajstić information content (AvgIpc) is 3.62. The predicted molar refractivity (Wildman–Crippen MR) is 136 cm³/mol. The van der Waals surface area contributed by atoms with Crippen molar-refractivity contribution in [1.82, 2.24) is 14.1 Å². The molecule has 10 heteroatoms.